The van der Waals surface area contributed by atoms with Crippen molar-refractivity contribution in [3.8, 4) is 0 Å². The van der Waals surface area contributed by atoms with Crippen LogP contribution in [0.3, 0.4) is 0 Å². The molecule has 0 aromatic rings. The van der Waals surface area contributed by atoms with Gasteiger partial charge in [-0.05, 0) is 37.3 Å². The molecule has 0 aliphatic heterocycles. The number of Topliss-reactive ketones (excluding diaryl/α,β-unsaturated/α-hetero) is 1. The zero-order chi connectivity index (χ0) is 24.3. The molecule has 1 aliphatic carbocycles. The lowest BCUT2D eigenvalue weighted by molar-refractivity contribution is -0.121. The minimum atomic E-state index is -0.143. The Labute approximate surface area is 205 Å². The number of carbonyl (C=O) groups is 2. The number of amides is 1. The van der Waals surface area contributed by atoms with Crippen molar-refractivity contribution in [3.05, 3.63) is 47.6 Å². The summed E-state index contributed by atoms with van der Waals surface area (Å²) in [4.78, 5) is 24.6. The number of ketones is 1. The molecule has 0 unspecified atom stereocenters. The van der Waals surface area contributed by atoms with Crippen LogP contribution in [0.15, 0.2) is 47.6 Å². The van der Waals surface area contributed by atoms with Crippen molar-refractivity contribution < 1.29 is 19.1 Å². The Hall–Kier alpha value is -1.69. The fraction of sp³-hybridized carbons (Fsp3) is 0.630. The first-order valence-electron chi connectivity index (χ1n) is 12.3. The Kier molecular flexibility index (Phi) is 16.6. The van der Waals surface area contributed by atoms with Crippen LogP contribution in [0.2, 0.25) is 0 Å². The van der Waals surface area contributed by atoms with Gasteiger partial charge in [0.2, 0.25) is 5.91 Å². The molecule has 0 aromatic heterocycles. The number of ether oxygens (including phenoxy) is 2. The van der Waals surface area contributed by atoms with Crippen LogP contribution in [0.4, 0.5) is 0 Å². The molecule has 1 N–H and O–H groups in total. The predicted molar refractivity (Wildman–Crippen MR) is 136 cm³/mol. The van der Waals surface area contributed by atoms with E-state index in [1.165, 1.54) is 37.6 Å². The largest absolute Gasteiger partial charge is 0.381 e. The van der Waals surface area contributed by atoms with Gasteiger partial charge in [-0.1, -0.05) is 68.9 Å². The molecule has 0 radical (unpaired) electrons. The third-order valence-corrected chi connectivity index (χ3v) is 6.02. The summed E-state index contributed by atoms with van der Waals surface area (Å²) < 4.78 is 11.2. The highest BCUT2D eigenvalue weighted by molar-refractivity contribution is 6.26. The number of nitrogens with one attached hydrogen (secondary N) is 1. The standard InChI is InChI=1S/C27H42ClNO4/c1-4-6-7-8-10-13-23(32-3)14-11-9-12-15-27(31)29-21-22(20-28)25-19-24(33-18-5-2)16-17-26(25)30/h5,9,11,19-20,23-24H,2,4,6-8,10,12-18,21H2,1,3H3,(H,29,31)/b11-9+,22-20-/t23-,24+/m0/s1. The maximum absolute atomic E-state index is 12.3. The molecule has 0 bridgehead atoms. The van der Waals surface area contributed by atoms with Crippen LogP contribution in [-0.2, 0) is 19.1 Å². The molecule has 0 saturated carbocycles. The molecule has 2 atom stereocenters. The van der Waals surface area contributed by atoms with Crippen molar-refractivity contribution in [2.24, 2.45) is 0 Å². The summed E-state index contributed by atoms with van der Waals surface area (Å²) in [5, 5.41) is 2.86. The van der Waals surface area contributed by atoms with Gasteiger partial charge in [0.05, 0.1) is 18.8 Å². The summed E-state index contributed by atoms with van der Waals surface area (Å²) in [5.74, 6) is -0.0474. The molecule has 0 saturated heterocycles. The molecular formula is C27H42ClNO4. The summed E-state index contributed by atoms with van der Waals surface area (Å²) in [6.07, 6.45) is 18.1. The Morgan fingerprint density at radius 2 is 2.09 bits per heavy atom. The molecule has 1 aliphatic rings. The Morgan fingerprint density at radius 1 is 1.30 bits per heavy atom. The average Bonchev–Trinajstić information content (AvgIpc) is 2.82. The van der Waals surface area contributed by atoms with Crippen molar-refractivity contribution in [1.29, 1.82) is 0 Å². The number of hydrogen-bond donors (Lipinski definition) is 1. The summed E-state index contributed by atoms with van der Waals surface area (Å²) in [6.45, 7) is 6.52. The van der Waals surface area contributed by atoms with Crippen LogP contribution in [0.25, 0.3) is 0 Å². The van der Waals surface area contributed by atoms with Crippen LogP contribution >= 0.6 is 11.6 Å². The van der Waals surface area contributed by atoms with E-state index >= 15 is 0 Å². The van der Waals surface area contributed by atoms with E-state index in [0.29, 0.717) is 43.4 Å². The number of allylic oxidation sites excluding steroid dienone is 1. The van der Waals surface area contributed by atoms with Crippen molar-refractivity contribution in [2.75, 3.05) is 20.3 Å². The van der Waals surface area contributed by atoms with E-state index in [0.717, 1.165) is 12.8 Å². The van der Waals surface area contributed by atoms with Gasteiger partial charge in [0.1, 0.15) is 0 Å². The molecule has 33 heavy (non-hydrogen) atoms. The Balaban J connectivity index is 2.35. The third-order valence-electron chi connectivity index (χ3n) is 5.76. The van der Waals surface area contributed by atoms with E-state index in [2.05, 4.69) is 24.9 Å². The van der Waals surface area contributed by atoms with E-state index in [1.54, 1.807) is 19.3 Å². The van der Waals surface area contributed by atoms with Crippen molar-refractivity contribution >= 4 is 23.3 Å². The highest BCUT2D eigenvalue weighted by Crippen LogP contribution is 2.23. The van der Waals surface area contributed by atoms with Gasteiger partial charge in [0, 0.05) is 37.6 Å². The quantitative estimate of drug-likeness (QED) is 0.188. The zero-order valence-corrected chi connectivity index (χ0v) is 21.2. The maximum Gasteiger partial charge on any atom is 0.220 e. The topological polar surface area (TPSA) is 64.6 Å². The third kappa shape index (κ3) is 13.0. The van der Waals surface area contributed by atoms with Crippen molar-refractivity contribution in [3.63, 3.8) is 0 Å². The predicted octanol–water partition coefficient (Wildman–Crippen LogP) is 6.19. The molecule has 186 valence electrons. The lowest BCUT2D eigenvalue weighted by atomic mass is 9.91. The number of unbranched alkanes of at least 4 members (excludes halogenated alkanes) is 4. The van der Waals surface area contributed by atoms with Crippen molar-refractivity contribution in [2.45, 2.75) is 89.8 Å². The van der Waals surface area contributed by atoms with Crippen LogP contribution in [0, 0.1) is 0 Å². The summed E-state index contributed by atoms with van der Waals surface area (Å²) >= 11 is 5.97. The van der Waals surface area contributed by atoms with Gasteiger partial charge in [0.15, 0.2) is 5.78 Å². The van der Waals surface area contributed by atoms with E-state index in [-0.39, 0.29) is 30.4 Å². The van der Waals surface area contributed by atoms with Gasteiger partial charge < -0.3 is 14.8 Å². The van der Waals surface area contributed by atoms with E-state index in [9.17, 15) is 9.59 Å². The second kappa shape index (κ2) is 18.7. The first kappa shape index (κ1) is 29.3. The van der Waals surface area contributed by atoms with Gasteiger partial charge in [-0.3, -0.25) is 9.59 Å². The van der Waals surface area contributed by atoms with E-state index in [1.807, 2.05) is 6.08 Å². The van der Waals surface area contributed by atoms with Crippen molar-refractivity contribution in [1.82, 2.24) is 5.32 Å². The van der Waals surface area contributed by atoms with Gasteiger partial charge in [-0.2, -0.15) is 0 Å². The normalized spacial score (nSPS) is 17.8. The highest BCUT2D eigenvalue weighted by Gasteiger charge is 2.23. The first-order chi connectivity index (χ1) is 16.0. The van der Waals surface area contributed by atoms with Crippen LogP contribution in [0.1, 0.15) is 77.6 Å². The summed E-state index contributed by atoms with van der Waals surface area (Å²) in [7, 11) is 1.76. The van der Waals surface area contributed by atoms with Gasteiger partial charge >= 0.3 is 0 Å². The molecule has 1 rings (SSSR count). The number of carbonyl (C=O) groups excluding carboxylic acids is 2. The lowest BCUT2D eigenvalue weighted by Crippen LogP contribution is -2.28. The fourth-order valence-electron chi connectivity index (χ4n) is 3.74. The second-order valence-electron chi connectivity index (χ2n) is 8.42. The fourth-order valence-corrected chi connectivity index (χ4v) is 3.94. The number of methoxy groups -OCH3 is 1. The maximum atomic E-state index is 12.3. The van der Waals surface area contributed by atoms with Crippen LogP contribution < -0.4 is 5.32 Å². The van der Waals surface area contributed by atoms with Crippen LogP contribution in [0.5, 0.6) is 0 Å². The molecule has 0 aromatic carbocycles. The molecular weight excluding hydrogens is 438 g/mol. The minimum absolute atomic E-state index is 0.0237. The second-order valence-corrected chi connectivity index (χ2v) is 8.64. The molecule has 5 nitrogen and oxygen atoms in total. The van der Waals surface area contributed by atoms with E-state index < -0.39 is 0 Å². The average molecular weight is 480 g/mol. The summed E-state index contributed by atoms with van der Waals surface area (Å²) in [5.41, 5.74) is 2.51. The van der Waals surface area contributed by atoms with Crippen LogP contribution in [-0.4, -0.2) is 44.2 Å². The molecule has 0 fully saturated rings. The Morgan fingerprint density at radius 3 is 2.79 bits per heavy atom. The van der Waals surface area contributed by atoms with Gasteiger partial charge in [0.25, 0.3) is 0 Å². The molecule has 0 heterocycles. The van der Waals surface area contributed by atoms with Gasteiger partial charge in [-0.15, -0.1) is 6.58 Å². The minimum Gasteiger partial charge on any atom is -0.381 e. The monoisotopic (exact) mass is 479 g/mol. The smallest absolute Gasteiger partial charge is 0.220 e. The number of rotatable bonds is 18. The first-order valence-corrected chi connectivity index (χ1v) is 12.7. The molecule has 1 amide bonds. The SMILES string of the molecule is C=CCO[C@H]1C=C(/C(=C\Cl)CNC(=O)CC/C=C/C[C@H](CCCCCCC)OC)C(=O)CC1. The van der Waals surface area contributed by atoms with Gasteiger partial charge in [-0.25, -0.2) is 0 Å². The molecule has 0 spiro atoms. The molecule has 6 heteroatoms. The summed E-state index contributed by atoms with van der Waals surface area (Å²) in [6, 6.07) is 0. The van der Waals surface area contributed by atoms with E-state index in [4.69, 9.17) is 21.1 Å². The number of hydrogen-bond acceptors (Lipinski definition) is 4. The Bertz CT molecular complexity index is 684. The zero-order valence-electron chi connectivity index (χ0n) is 20.5. The lowest BCUT2D eigenvalue weighted by Gasteiger charge is -2.21. The highest BCUT2D eigenvalue weighted by atomic mass is 35.5. The number of halogens is 1.